The minimum Gasteiger partial charge on any atom is -0.506 e. The Bertz CT molecular complexity index is 696. The fourth-order valence-electron chi connectivity index (χ4n) is 3.38. The van der Waals surface area contributed by atoms with Crippen molar-refractivity contribution in [1.29, 1.82) is 0 Å². The molecule has 0 aliphatic carbocycles. The summed E-state index contributed by atoms with van der Waals surface area (Å²) >= 11 is 0. The van der Waals surface area contributed by atoms with Crippen molar-refractivity contribution in [2.45, 2.75) is 26.8 Å². The summed E-state index contributed by atoms with van der Waals surface area (Å²) in [5.41, 5.74) is 5.46. The SMILES string of the molecule is CC(C)CC(=O)N1CCN(Cc2cc(O)c(N3CC(=O)NN3)c(F)c2)CC1. The van der Waals surface area contributed by atoms with Crippen LogP contribution in [0.3, 0.4) is 0 Å². The number of carbonyl (C=O) groups excluding carboxylic acids is 2. The van der Waals surface area contributed by atoms with Crippen molar-refractivity contribution in [3.8, 4) is 5.75 Å². The maximum Gasteiger partial charge on any atom is 0.256 e. The zero-order chi connectivity index (χ0) is 19.6. The molecule has 2 fully saturated rings. The molecule has 0 bridgehead atoms. The molecule has 148 valence electrons. The van der Waals surface area contributed by atoms with E-state index in [4.69, 9.17) is 0 Å². The lowest BCUT2D eigenvalue weighted by atomic mass is 10.1. The highest BCUT2D eigenvalue weighted by molar-refractivity contribution is 5.84. The Morgan fingerprint density at radius 1 is 1.26 bits per heavy atom. The molecule has 1 aromatic rings. The number of carbonyl (C=O) groups is 2. The highest BCUT2D eigenvalue weighted by Gasteiger charge is 2.26. The van der Waals surface area contributed by atoms with Crippen LogP contribution in [-0.2, 0) is 16.1 Å². The summed E-state index contributed by atoms with van der Waals surface area (Å²) in [5, 5.41) is 11.4. The average Bonchev–Trinajstić information content (AvgIpc) is 3.00. The van der Waals surface area contributed by atoms with Gasteiger partial charge in [-0.2, -0.15) is 0 Å². The van der Waals surface area contributed by atoms with Gasteiger partial charge in [0.1, 0.15) is 18.0 Å². The van der Waals surface area contributed by atoms with Crippen LogP contribution in [0.5, 0.6) is 5.75 Å². The number of amides is 2. The van der Waals surface area contributed by atoms with Crippen LogP contribution in [0, 0.1) is 11.7 Å². The van der Waals surface area contributed by atoms with Crippen LogP contribution < -0.4 is 16.0 Å². The van der Waals surface area contributed by atoms with Crippen molar-refractivity contribution < 1.29 is 19.1 Å². The molecular formula is C18H26FN5O3. The molecule has 3 N–H and O–H groups in total. The predicted octanol–water partition coefficient (Wildman–Crippen LogP) is 0.577. The molecule has 3 rings (SSSR count). The topological polar surface area (TPSA) is 88.2 Å². The number of hydrazine groups is 2. The first kappa shape index (κ1) is 19.4. The van der Waals surface area contributed by atoms with Gasteiger partial charge >= 0.3 is 0 Å². The lowest BCUT2D eigenvalue weighted by Gasteiger charge is -2.35. The Hall–Kier alpha value is -2.39. The van der Waals surface area contributed by atoms with Gasteiger partial charge in [0.05, 0.1) is 0 Å². The van der Waals surface area contributed by atoms with E-state index in [0.29, 0.717) is 50.6 Å². The third-order valence-corrected chi connectivity index (χ3v) is 4.72. The zero-order valence-corrected chi connectivity index (χ0v) is 15.7. The highest BCUT2D eigenvalue weighted by atomic mass is 19.1. The highest BCUT2D eigenvalue weighted by Crippen LogP contribution is 2.32. The molecule has 0 unspecified atom stereocenters. The average molecular weight is 379 g/mol. The Morgan fingerprint density at radius 2 is 1.96 bits per heavy atom. The van der Waals surface area contributed by atoms with Crippen LogP contribution in [0.4, 0.5) is 10.1 Å². The van der Waals surface area contributed by atoms with E-state index >= 15 is 0 Å². The van der Waals surface area contributed by atoms with Gasteiger partial charge in [-0.3, -0.25) is 24.9 Å². The number of aromatic hydroxyl groups is 1. The number of piperazine rings is 1. The third-order valence-electron chi connectivity index (χ3n) is 4.72. The third kappa shape index (κ3) is 4.67. The van der Waals surface area contributed by atoms with Crippen molar-refractivity contribution in [2.75, 3.05) is 37.7 Å². The van der Waals surface area contributed by atoms with E-state index in [1.807, 2.05) is 18.7 Å². The van der Waals surface area contributed by atoms with Crippen molar-refractivity contribution in [2.24, 2.45) is 5.92 Å². The molecular weight excluding hydrogens is 353 g/mol. The molecule has 2 aliphatic rings. The Balaban J connectivity index is 1.59. The van der Waals surface area contributed by atoms with Crippen molar-refractivity contribution in [1.82, 2.24) is 20.8 Å². The van der Waals surface area contributed by atoms with Gasteiger partial charge in [0.15, 0.2) is 5.82 Å². The maximum absolute atomic E-state index is 14.5. The molecule has 2 saturated heterocycles. The number of nitrogens with one attached hydrogen (secondary N) is 2. The number of anilines is 1. The molecule has 0 atom stereocenters. The normalized spacial score (nSPS) is 18.3. The van der Waals surface area contributed by atoms with Gasteiger partial charge in [0.2, 0.25) is 5.91 Å². The molecule has 9 heteroatoms. The molecule has 0 saturated carbocycles. The van der Waals surface area contributed by atoms with E-state index in [2.05, 4.69) is 15.9 Å². The summed E-state index contributed by atoms with van der Waals surface area (Å²) in [6.07, 6.45) is 0.558. The lowest BCUT2D eigenvalue weighted by molar-refractivity contribution is -0.133. The van der Waals surface area contributed by atoms with Crippen LogP contribution in [0.2, 0.25) is 0 Å². The largest absolute Gasteiger partial charge is 0.506 e. The first-order chi connectivity index (χ1) is 12.8. The minimum atomic E-state index is -0.597. The van der Waals surface area contributed by atoms with E-state index < -0.39 is 5.82 Å². The Morgan fingerprint density at radius 3 is 2.52 bits per heavy atom. The summed E-state index contributed by atoms with van der Waals surface area (Å²) in [7, 11) is 0. The molecule has 0 aromatic heterocycles. The standard InChI is InChI=1S/C18H26FN5O3/c1-12(2)7-17(27)23-5-3-22(4-6-23)10-13-8-14(19)18(15(25)9-13)24-11-16(26)20-21-24/h8-9,12,21,25H,3-7,10-11H2,1-2H3,(H,20,26). The number of benzene rings is 1. The lowest BCUT2D eigenvalue weighted by Crippen LogP contribution is -2.48. The fraction of sp³-hybridized carbons (Fsp3) is 0.556. The van der Waals surface area contributed by atoms with Gasteiger partial charge in [0, 0.05) is 39.1 Å². The fourth-order valence-corrected chi connectivity index (χ4v) is 3.38. The first-order valence-electron chi connectivity index (χ1n) is 9.17. The van der Waals surface area contributed by atoms with Crippen LogP contribution in [-0.4, -0.2) is 59.4 Å². The van der Waals surface area contributed by atoms with E-state index in [-0.39, 0.29) is 29.8 Å². The van der Waals surface area contributed by atoms with Gasteiger partial charge in [-0.1, -0.05) is 13.8 Å². The molecule has 2 amide bonds. The van der Waals surface area contributed by atoms with Crippen molar-refractivity contribution in [3.05, 3.63) is 23.5 Å². The quantitative estimate of drug-likeness (QED) is 0.694. The summed E-state index contributed by atoms with van der Waals surface area (Å²) in [5.74, 6) is -0.600. The number of hydrogen-bond acceptors (Lipinski definition) is 6. The Labute approximate surface area is 157 Å². The summed E-state index contributed by atoms with van der Waals surface area (Å²) in [4.78, 5) is 27.4. The van der Waals surface area contributed by atoms with E-state index in [9.17, 15) is 19.1 Å². The Kier molecular flexibility index (Phi) is 5.81. The van der Waals surface area contributed by atoms with E-state index in [1.54, 1.807) is 0 Å². The van der Waals surface area contributed by atoms with Gasteiger partial charge in [-0.25, -0.2) is 4.39 Å². The number of halogens is 1. The first-order valence-corrected chi connectivity index (χ1v) is 9.17. The molecule has 0 radical (unpaired) electrons. The number of rotatable bonds is 5. The second-order valence-electron chi connectivity index (χ2n) is 7.45. The molecule has 2 aliphatic heterocycles. The van der Waals surface area contributed by atoms with Crippen LogP contribution >= 0.6 is 0 Å². The van der Waals surface area contributed by atoms with Gasteiger partial charge in [0.25, 0.3) is 5.91 Å². The second-order valence-corrected chi connectivity index (χ2v) is 7.45. The molecule has 1 aromatic carbocycles. The molecule has 0 spiro atoms. The monoisotopic (exact) mass is 379 g/mol. The molecule has 27 heavy (non-hydrogen) atoms. The van der Waals surface area contributed by atoms with Crippen LogP contribution in [0.1, 0.15) is 25.8 Å². The second kappa shape index (κ2) is 8.10. The maximum atomic E-state index is 14.5. The van der Waals surface area contributed by atoms with Crippen molar-refractivity contribution in [3.63, 3.8) is 0 Å². The van der Waals surface area contributed by atoms with E-state index in [0.717, 1.165) is 0 Å². The molecule has 2 heterocycles. The molecule has 8 nitrogen and oxygen atoms in total. The van der Waals surface area contributed by atoms with Crippen molar-refractivity contribution >= 4 is 17.5 Å². The minimum absolute atomic E-state index is 0.0544. The number of phenols is 1. The summed E-state index contributed by atoms with van der Waals surface area (Å²) in [6, 6.07) is 2.88. The van der Waals surface area contributed by atoms with Gasteiger partial charge in [-0.15, -0.1) is 5.53 Å². The van der Waals surface area contributed by atoms with Crippen LogP contribution in [0.25, 0.3) is 0 Å². The van der Waals surface area contributed by atoms with E-state index in [1.165, 1.54) is 17.1 Å². The smallest absolute Gasteiger partial charge is 0.256 e. The summed E-state index contributed by atoms with van der Waals surface area (Å²) in [6.45, 7) is 7.20. The summed E-state index contributed by atoms with van der Waals surface area (Å²) < 4.78 is 14.5. The number of phenolic OH excluding ortho intramolecular Hbond substituents is 1. The van der Waals surface area contributed by atoms with Gasteiger partial charge in [-0.05, 0) is 23.6 Å². The zero-order valence-electron chi connectivity index (χ0n) is 15.7. The van der Waals surface area contributed by atoms with Crippen LogP contribution in [0.15, 0.2) is 12.1 Å². The number of nitrogens with zero attached hydrogens (tertiary/aromatic N) is 3. The predicted molar refractivity (Wildman–Crippen MR) is 98.0 cm³/mol. The number of hydrogen-bond donors (Lipinski definition) is 3. The van der Waals surface area contributed by atoms with Gasteiger partial charge < -0.3 is 10.0 Å².